The van der Waals surface area contributed by atoms with Crippen LogP contribution < -0.4 is 5.73 Å². The molecule has 92 valence electrons. The van der Waals surface area contributed by atoms with Crippen LogP contribution in [0.4, 0.5) is 4.39 Å². The smallest absolute Gasteiger partial charge is 0.251 e. The monoisotopic (exact) mass is 245 g/mol. The van der Waals surface area contributed by atoms with Gasteiger partial charge in [-0.2, -0.15) is 0 Å². The Labute approximate surface area is 104 Å². The number of nitrogens with two attached hydrogens (primary N) is 1. The highest BCUT2D eigenvalue weighted by atomic mass is 19.1. The van der Waals surface area contributed by atoms with Gasteiger partial charge in [0, 0.05) is 17.5 Å². The third-order valence-corrected chi connectivity index (χ3v) is 2.64. The van der Waals surface area contributed by atoms with E-state index in [0.29, 0.717) is 11.4 Å². The maximum atomic E-state index is 13.4. The minimum atomic E-state index is -0.792. The minimum Gasteiger partial charge on any atom is -0.366 e. The van der Waals surface area contributed by atoms with Gasteiger partial charge < -0.3 is 5.73 Å². The molecule has 0 spiro atoms. The molecule has 1 aromatic carbocycles. The Balaban J connectivity index is 2.58. The van der Waals surface area contributed by atoms with Crippen molar-refractivity contribution >= 4 is 5.91 Å². The van der Waals surface area contributed by atoms with E-state index in [1.807, 2.05) is 6.92 Å². The third kappa shape index (κ3) is 2.20. The summed E-state index contributed by atoms with van der Waals surface area (Å²) < 4.78 is 13.4. The average molecular weight is 245 g/mol. The van der Waals surface area contributed by atoms with Crippen LogP contribution in [0.25, 0.3) is 11.1 Å². The zero-order chi connectivity index (χ0) is 13.3. The fourth-order valence-corrected chi connectivity index (χ4v) is 1.75. The van der Waals surface area contributed by atoms with Crippen LogP contribution in [-0.4, -0.2) is 15.9 Å². The number of nitrogens with zero attached hydrogens (tertiary/aromatic N) is 2. The largest absolute Gasteiger partial charge is 0.366 e. The number of carbonyl (C=O) groups excluding carboxylic acids is 1. The van der Waals surface area contributed by atoms with E-state index in [1.165, 1.54) is 12.1 Å². The molecule has 2 rings (SSSR count). The van der Waals surface area contributed by atoms with E-state index in [-0.39, 0.29) is 5.56 Å². The van der Waals surface area contributed by atoms with Crippen molar-refractivity contribution in [2.24, 2.45) is 5.73 Å². The highest BCUT2D eigenvalue weighted by Crippen LogP contribution is 2.23. The Morgan fingerprint density at radius 1 is 1.33 bits per heavy atom. The van der Waals surface area contributed by atoms with Gasteiger partial charge in [-0.25, -0.2) is 14.4 Å². The van der Waals surface area contributed by atoms with E-state index < -0.39 is 11.7 Å². The number of rotatable bonds is 2. The predicted molar refractivity (Wildman–Crippen MR) is 65.4 cm³/mol. The Hall–Kier alpha value is -2.30. The molecule has 4 nitrogen and oxygen atoms in total. The van der Waals surface area contributed by atoms with E-state index in [0.717, 1.165) is 11.3 Å². The summed E-state index contributed by atoms with van der Waals surface area (Å²) in [7, 11) is 0. The van der Waals surface area contributed by atoms with E-state index in [4.69, 9.17) is 5.73 Å². The minimum absolute atomic E-state index is 0.132. The lowest BCUT2D eigenvalue weighted by Gasteiger charge is -2.07. The zero-order valence-electron chi connectivity index (χ0n) is 10.1. The zero-order valence-corrected chi connectivity index (χ0v) is 10.1. The Morgan fingerprint density at radius 2 is 2.06 bits per heavy atom. The van der Waals surface area contributed by atoms with Crippen molar-refractivity contribution in [2.75, 3.05) is 0 Å². The first-order chi connectivity index (χ1) is 8.49. The summed E-state index contributed by atoms with van der Waals surface area (Å²) in [5.74, 6) is -0.759. The van der Waals surface area contributed by atoms with Crippen LogP contribution in [0.3, 0.4) is 0 Å². The molecule has 2 aromatic rings. The average Bonchev–Trinajstić information content (AvgIpc) is 2.30. The first kappa shape index (κ1) is 12.2. The Bertz CT molecular complexity index is 626. The normalized spacial score (nSPS) is 10.4. The molecule has 0 atom stereocenters. The van der Waals surface area contributed by atoms with Crippen LogP contribution in [-0.2, 0) is 0 Å². The summed E-state index contributed by atoms with van der Waals surface area (Å²) in [6.07, 6.45) is 1.65. The van der Waals surface area contributed by atoms with Gasteiger partial charge in [0.1, 0.15) is 11.6 Å². The summed E-state index contributed by atoms with van der Waals surface area (Å²) in [6, 6.07) is 4.20. The molecular weight excluding hydrogens is 233 g/mol. The highest BCUT2D eigenvalue weighted by Gasteiger charge is 2.11. The molecule has 18 heavy (non-hydrogen) atoms. The van der Waals surface area contributed by atoms with Crippen LogP contribution in [0.2, 0.25) is 0 Å². The predicted octanol–water partition coefficient (Wildman–Crippen LogP) is 2.00. The second kappa shape index (κ2) is 4.52. The third-order valence-electron chi connectivity index (χ3n) is 2.64. The molecule has 5 heteroatoms. The van der Waals surface area contributed by atoms with E-state index in [2.05, 4.69) is 9.97 Å². The van der Waals surface area contributed by atoms with Crippen LogP contribution in [0.1, 0.15) is 21.9 Å². The molecule has 0 aliphatic rings. The lowest BCUT2D eigenvalue weighted by molar-refractivity contribution is 0.0996. The molecule has 0 saturated heterocycles. The van der Waals surface area contributed by atoms with Crippen LogP contribution in [0.5, 0.6) is 0 Å². The summed E-state index contributed by atoms with van der Waals surface area (Å²) >= 11 is 0. The fourth-order valence-electron chi connectivity index (χ4n) is 1.75. The van der Waals surface area contributed by atoms with E-state index in [1.54, 1.807) is 19.2 Å². The molecule has 1 amide bonds. The van der Waals surface area contributed by atoms with Crippen molar-refractivity contribution in [3.05, 3.63) is 47.3 Å². The number of primary amides is 1. The van der Waals surface area contributed by atoms with Crippen molar-refractivity contribution in [1.29, 1.82) is 0 Å². The topological polar surface area (TPSA) is 68.9 Å². The molecule has 0 unspecified atom stereocenters. The van der Waals surface area contributed by atoms with Crippen molar-refractivity contribution in [1.82, 2.24) is 9.97 Å². The van der Waals surface area contributed by atoms with Crippen molar-refractivity contribution in [3.63, 3.8) is 0 Å². The van der Waals surface area contributed by atoms with Gasteiger partial charge >= 0.3 is 0 Å². The first-order valence-electron chi connectivity index (χ1n) is 5.39. The number of hydrogen-bond acceptors (Lipinski definition) is 3. The number of halogens is 1. The number of hydrogen-bond donors (Lipinski definition) is 1. The lowest BCUT2D eigenvalue weighted by atomic mass is 10.0. The second-order valence-corrected chi connectivity index (χ2v) is 3.98. The summed E-state index contributed by atoms with van der Waals surface area (Å²) in [4.78, 5) is 19.4. The maximum Gasteiger partial charge on any atom is 0.251 e. The van der Waals surface area contributed by atoms with Gasteiger partial charge in [-0.15, -0.1) is 0 Å². The number of carbonyl (C=O) groups is 1. The molecule has 1 heterocycles. The molecule has 0 bridgehead atoms. The lowest BCUT2D eigenvalue weighted by Crippen LogP contribution is -2.13. The summed E-state index contributed by atoms with van der Waals surface area (Å²) in [5, 5.41) is 0. The highest BCUT2D eigenvalue weighted by molar-refractivity contribution is 5.94. The van der Waals surface area contributed by atoms with Gasteiger partial charge in [-0.3, -0.25) is 4.79 Å². The van der Waals surface area contributed by atoms with Gasteiger partial charge in [0.15, 0.2) is 0 Å². The number of aryl methyl sites for hydroxylation is 2. The molecule has 0 radical (unpaired) electrons. The van der Waals surface area contributed by atoms with Crippen LogP contribution in [0, 0.1) is 19.7 Å². The van der Waals surface area contributed by atoms with Gasteiger partial charge in [-0.05, 0) is 31.5 Å². The van der Waals surface area contributed by atoms with Gasteiger partial charge in [0.25, 0.3) is 5.91 Å². The van der Waals surface area contributed by atoms with Crippen molar-refractivity contribution < 1.29 is 9.18 Å². The SMILES string of the molecule is Cc1ncc(-c2ccc(F)c(C(N)=O)c2)c(C)n1. The molecule has 1 aromatic heterocycles. The van der Waals surface area contributed by atoms with Gasteiger partial charge in [0.2, 0.25) is 0 Å². The molecular formula is C13H12FN3O. The summed E-state index contributed by atoms with van der Waals surface area (Å²) in [6.45, 7) is 3.62. The van der Waals surface area contributed by atoms with E-state index in [9.17, 15) is 9.18 Å². The van der Waals surface area contributed by atoms with Crippen molar-refractivity contribution in [3.8, 4) is 11.1 Å². The Kier molecular flexibility index (Phi) is 3.06. The molecule has 0 fully saturated rings. The molecule has 0 aliphatic heterocycles. The number of amides is 1. The van der Waals surface area contributed by atoms with Crippen LogP contribution in [0.15, 0.2) is 24.4 Å². The standard InChI is InChI=1S/C13H12FN3O/c1-7-11(6-16-8(2)17-7)9-3-4-12(14)10(5-9)13(15)18/h3-6H,1-2H3,(H2,15,18). The second-order valence-electron chi connectivity index (χ2n) is 3.98. The number of aromatic nitrogens is 2. The molecule has 0 saturated carbocycles. The van der Waals surface area contributed by atoms with Crippen LogP contribution >= 0.6 is 0 Å². The van der Waals surface area contributed by atoms with Crippen molar-refractivity contribution in [2.45, 2.75) is 13.8 Å². The van der Waals surface area contributed by atoms with Gasteiger partial charge in [0.05, 0.1) is 5.56 Å². The Morgan fingerprint density at radius 3 is 2.67 bits per heavy atom. The van der Waals surface area contributed by atoms with Gasteiger partial charge in [-0.1, -0.05) is 6.07 Å². The quantitative estimate of drug-likeness (QED) is 0.879. The fraction of sp³-hybridized carbons (Fsp3) is 0.154. The molecule has 2 N–H and O–H groups in total. The number of benzene rings is 1. The first-order valence-corrected chi connectivity index (χ1v) is 5.39. The maximum absolute atomic E-state index is 13.4. The van der Waals surface area contributed by atoms with E-state index >= 15 is 0 Å². The molecule has 0 aliphatic carbocycles. The summed E-state index contributed by atoms with van der Waals surface area (Å²) in [5.41, 5.74) is 7.17.